The molecule has 28 heavy (non-hydrogen) atoms. The van der Waals surface area contributed by atoms with Crippen LogP contribution in [0.4, 0.5) is 5.69 Å². The van der Waals surface area contributed by atoms with Crippen LogP contribution in [0.2, 0.25) is 0 Å². The SMILES string of the molecule is C=CC(=O)Nc1ccc(C(=O)N(CCOC)CC2CCCCC2)c(C(=O)O)c1. The average molecular weight is 388 g/mol. The Morgan fingerprint density at radius 1 is 1.25 bits per heavy atom. The lowest BCUT2D eigenvalue weighted by atomic mass is 9.88. The molecule has 0 atom stereocenters. The van der Waals surface area contributed by atoms with Crippen molar-refractivity contribution in [3.63, 3.8) is 0 Å². The van der Waals surface area contributed by atoms with Crippen molar-refractivity contribution < 1.29 is 24.2 Å². The average Bonchev–Trinajstić information content (AvgIpc) is 2.71. The maximum absolute atomic E-state index is 13.1. The lowest BCUT2D eigenvalue weighted by Crippen LogP contribution is -2.39. The zero-order valence-corrected chi connectivity index (χ0v) is 16.3. The van der Waals surface area contributed by atoms with Crippen molar-refractivity contribution in [1.29, 1.82) is 0 Å². The molecule has 0 spiro atoms. The number of ether oxygens (including phenoxy) is 1. The van der Waals surface area contributed by atoms with E-state index in [0.29, 0.717) is 31.3 Å². The Morgan fingerprint density at radius 3 is 2.57 bits per heavy atom. The van der Waals surface area contributed by atoms with Crippen molar-refractivity contribution in [2.24, 2.45) is 5.92 Å². The normalized spacial score (nSPS) is 14.3. The van der Waals surface area contributed by atoms with Crippen molar-refractivity contribution in [3.05, 3.63) is 42.0 Å². The van der Waals surface area contributed by atoms with Crippen LogP contribution in [0.5, 0.6) is 0 Å². The molecule has 1 aliphatic rings. The highest BCUT2D eigenvalue weighted by Crippen LogP contribution is 2.26. The van der Waals surface area contributed by atoms with Crippen LogP contribution in [0.25, 0.3) is 0 Å². The minimum atomic E-state index is -1.22. The molecule has 7 heteroatoms. The van der Waals surface area contributed by atoms with Gasteiger partial charge >= 0.3 is 5.97 Å². The summed E-state index contributed by atoms with van der Waals surface area (Å²) in [7, 11) is 1.57. The molecule has 0 heterocycles. The predicted molar refractivity (Wildman–Crippen MR) is 107 cm³/mol. The maximum Gasteiger partial charge on any atom is 0.336 e. The van der Waals surface area contributed by atoms with E-state index in [2.05, 4.69) is 11.9 Å². The number of nitrogens with one attached hydrogen (secondary N) is 1. The molecule has 0 unspecified atom stereocenters. The van der Waals surface area contributed by atoms with Crippen molar-refractivity contribution in [2.45, 2.75) is 32.1 Å². The third-order valence-electron chi connectivity index (χ3n) is 4.99. The number of hydrogen-bond acceptors (Lipinski definition) is 4. The molecule has 0 radical (unpaired) electrons. The quantitative estimate of drug-likeness (QED) is 0.634. The van der Waals surface area contributed by atoms with Crippen LogP contribution in [-0.4, -0.2) is 54.6 Å². The predicted octanol–water partition coefficient (Wildman–Crippen LogP) is 3.18. The number of benzene rings is 1. The van der Waals surface area contributed by atoms with Crippen molar-refractivity contribution >= 4 is 23.5 Å². The van der Waals surface area contributed by atoms with Crippen LogP contribution in [0.3, 0.4) is 0 Å². The summed E-state index contributed by atoms with van der Waals surface area (Å²) < 4.78 is 5.13. The molecule has 0 bridgehead atoms. The van der Waals surface area contributed by atoms with Crippen molar-refractivity contribution in [3.8, 4) is 0 Å². The van der Waals surface area contributed by atoms with Gasteiger partial charge in [0.05, 0.1) is 17.7 Å². The summed E-state index contributed by atoms with van der Waals surface area (Å²) in [6.07, 6.45) is 6.80. The fourth-order valence-electron chi connectivity index (χ4n) is 3.51. The number of anilines is 1. The molecule has 1 aliphatic carbocycles. The zero-order chi connectivity index (χ0) is 20.5. The van der Waals surface area contributed by atoms with Gasteiger partial charge in [-0.15, -0.1) is 0 Å². The Morgan fingerprint density at radius 2 is 1.96 bits per heavy atom. The number of carbonyl (C=O) groups excluding carboxylic acids is 2. The van der Waals surface area contributed by atoms with E-state index in [9.17, 15) is 19.5 Å². The molecule has 1 aromatic carbocycles. The fraction of sp³-hybridized carbons (Fsp3) is 0.476. The second kappa shape index (κ2) is 10.6. The van der Waals surface area contributed by atoms with Gasteiger partial charge in [-0.25, -0.2) is 4.79 Å². The summed E-state index contributed by atoms with van der Waals surface area (Å²) in [5, 5.41) is 12.1. The van der Waals surface area contributed by atoms with Gasteiger partial charge in [-0.1, -0.05) is 25.8 Å². The van der Waals surface area contributed by atoms with Crippen LogP contribution in [0, 0.1) is 5.92 Å². The number of rotatable bonds is 9. The molecular formula is C21H28N2O5. The second-order valence-corrected chi connectivity index (χ2v) is 7.01. The first-order valence-electron chi connectivity index (χ1n) is 9.55. The molecule has 2 rings (SSSR count). The fourth-order valence-corrected chi connectivity index (χ4v) is 3.51. The third-order valence-corrected chi connectivity index (χ3v) is 4.99. The van der Waals surface area contributed by atoms with Gasteiger partial charge in [0.2, 0.25) is 5.91 Å². The second-order valence-electron chi connectivity index (χ2n) is 7.01. The van der Waals surface area contributed by atoms with E-state index in [1.54, 1.807) is 12.0 Å². The van der Waals surface area contributed by atoms with E-state index in [1.165, 1.54) is 24.6 Å². The highest BCUT2D eigenvalue weighted by Gasteiger charge is 2.25. The number of nitrogens with zero attached hydrogens (tertiary/aromatic N) is 1. The van der Waals surface area contributed by atoms with Gasteiger partial charge in [0.1, 0.15) is 0 Å². The van der Waals surface area contributed by atoms with E-state index in [-0.39, 0.29) is 17.0 Å². The summed E-state index contributed by atoms with van der Waals surface area (Å²) in [4.78, 5) is 38.0. The maximum atomic E-state index is 13.1. The van der Waals surface area contributed by atoms with E-state index in [4.69, 9.17) is 4.74 Å². The monoisotopic (exact) mass is 388 g/mol. The molecule has 1 saturated carbocycles. The van der Waals surface area contributed by atoms with Gasteiger partial charge in [0.15, 0.2) is 0 Å². The Kier molecular flexibility index (Phi) is 8.19. The van der Waals surface area contributed by atoms with Gasteiger partial charge in [-0.2, -0.15) is 0 Å². The Hall–Kier alpha value is -2.67. The van der Waals surface area contributed by atoms with Crippen LogP contribution < -0.4 is 5.32 Å². The number of carbonyl (C=O) groups is 3. The van der Waals surface area contributed by atoms with Crippen LogP contribution in [-0.2, 0) is 9.53 Å². The molecule has 0 aliphatic heterocycles. The van der Waals surface area contributed by atoms with Crippen LogP contribution in [0.1, 0.15) is 52.8 Å². The number of carboxylic acids is 1. The number of methoxy groups -OCH3 is 1. The number of amides is 2. The smallest absolute Gasteiger partial charge is 0.336 e. The minimum Gasteiger partial charge on any atom is -0.478 e. The summed E-state index contributed by atoms with van der Waals surface area (Å²) in [6.45, 7) is 4.75. The zero-order valence-electron chi connectivity index (χ0n) is 16.3. The van der Waals surface area contributed by atoms with Gasteiger partial charge in [-0.05, 0) is 43.0 Å². The number of aromatic carboxylic acids is 1. The molecule has 7 nitrogen and oxygen atoms in total. The van der Waals surface area contributed by atoms with Crippen molar-refractivity contribution in [1.82, 2.24) is 4.90 Å². The number of hydrogen-bond donors (Lipinski definition) is 2. The number of carboxylic acid groups (broad SMARTS) is 1. The van der Waals surface area contributed by atoms with Gasteiger partial charge in [0, 0.05) is 25.9 Å². The first-order valence-corrected chi connectivity index (χ1v) is 9.55. The van der Waals surface area contributed by atoms with E-state index in [0.717, 1.165) is 31.8 Å². The Balaban J connectivity index is 2.26. The molecule has 152 valence electrons. The summed E-state index contributed by atoms with van der Waals surface area (Å²) in [5.74, 6) is -1.58. The molecule has 0 aromatic heterocycles. The standard InChI is InChI=1S/C21H28N2O5/c1-3-19(24)22-16-9-10-17(18(13-16)21(26)27)20(25)23(11-12-28-2)14-15-7-5-4-6-8-15/h3,9-10,13,15H,1,4-8,11-12,14H2,2H3,(H,22,24)(H,26,27). The molecular weight excluding hydrogens is 360 g/mol. The van der Waals surface area contributed by atoms with E-state index in [1.807, 2.05) is 0 Å². The summed E-state index contributed by atoms with van der Waals surface area (Å²) in [5.41, 5.74) is 0.267. The van der Waals surface area contributed by atoms with E-state index >= 15 is 0 Å². The highest BCUT2D eigenvalue weighted by atomic mass is 16.5. The van der Waals surface area contributed by atoms with Crippen LogP contribution >= 0.6 is 0 Å². The van der Waals surface area contributed by atoms with E-state index < -0.39 is 11.9 Å². The Labute approximate surface area is 165 Å². The summed E-state index contributed by atoms with van der Waals surface area (Å²) >= 11 is 0. The first-order chi connectivity index (χ1) is 13.5. The lowest BCUT2D eigenvalue weighted by Gasteiger charge is -2.30. The minimum absolute atomic E-state index is 0.107. The Bertz CT molecular complexity index is 726. The highest BCUT2D eigenvalue weighted by molar-refractivity contribution is 6.06. The lowest BCUT2D eigenvalue weighted by molar-refractivity contribution is -0.111. The third kappa shape index (κ3) is 5.92. The molecule has 2 N–H and O–H groups in total. The van der Waals surface area contributed by atoms with Crippen LogP contribution in [0.15, 0.2) is 30.9 Å². The van der Waals surface area contributed by atoms with Gasteiger partial charge in [0.25, 0.3) is 5.91 Å². The van der Waals surface area contributed by atoms with Crippen molar-refractivity contribution in [2.75, 3.05) is 32.1 Å². The van der Waals surface area contributed by atoms with Gasteiger partial charge in [-0.3, -0.25) is 9.59 Å². The molecule has 1 fully saturated rings. The summed E-state index contributed by atoms with van der Waals surface area (Å²) in [6, 6.07) is 4.27. The van der Waals surface area contributed by atoms with Gasteiger partial charge < -0.3 is 20.1 Å². The first kappa shape index (κ1) is 21.6. The topological polar surface area (TPSA) is 95.9 Å². The largest absolute Gasteiger partial charge is 0.478 e. The molecule has 2 amide bonds. The molecule has 0 saturated heterocycles. The molecule has 1 aromatic rings.